The van der Waals surface area contributed by atoms with Crippen LogP contribution in [-0.2, 0) is 6.42 Å². The highest BCUT2D eigenvalue weighted by molar-refractivity contribution is 7.15. The summed E-state index contributed by atoms with van der Waals surface area (Å²) in [6.07, 6.45) is 0.996. The van der Waals surface area contributed by atoms with Crippen molar-refractivity contribution < 1.29 is 4.52 Å². The molecule has 0 fully saturated rings. The summed E-state index contributed by atoms with van der Waals surface area (Å²) in [5.41, 5.74) is 7.57. The first kappa shape index (κ1) is 13.2. The van der Waals surface area contributed by atoms with Crippen molar-refractivity contribution in [3.63, 3.8) is 0 Å². The van der Waals surface area contributed by atoms with Gasteiger partial charge in [0.2, 0.25) is 0 Å². The Morgan fingerprint density at radius 3 is 2.75 bits per heavy atom. The van der Waals surface area contributed by atoms with E-state index in [1.54, 1.807) is 11.3 Å². The van der Waals surface area contributed by atoms with Crippen LogP contribution in [0.2, 0.25) is 5.02 Å². The topological polar surface area (TPSA) is 52.0 Å². The summed E-state index contributed by atoms with van der Waals surface area (Å²) in [7, 11) is 0. The molecule has 2 heterocycles. The van der Waals surface area contributed by atoms with Crippen LogP contribution in [0, 0.1) is 0 Å². The van der Waals surface area contributed by atoms with Crippen molar-refractivity contribution >= 4 is 28.8 Å². The average Bonchev–Trinajstić information content (AvgIpc) is 3.06. The van der Waals surface area contributed by atoms with E-state index in [9.17, 15) is 0 Å². The highest BCUT2D eigenvalue weighted by Gasteiger charge is 2.20. The summed E-state index contributed by atoms with van der Waals surface area (Å²) in [5.74, 6) is 1.04. The number of benzene rings is 1. The van der Waals surface area contributed by atoms with Gasteiger partial charge >= 0.3 is 0 Å². The normalized spacial score (nSPS) is 10.9. The molecule has 1 aromatic carbocycles. The number of nitrogen functional groups attached to an aromatic ring is 1. The van der Waals surface area contributed by atoms with Crippen molar-refractivity contribution in [2.45, 2.75) is 13.3 Å². The van der Waals surface area contributed by atoms with Crippen molar-refractivity contribution in [1.82, 2.24) is 5.16 Å². The molecule has 2 N–H and O–H groups in total. The fourth-order valence-electron chi connectivity index (χ4n) is 2.08. The maximum Gasteiger partial charge on any atom is 0.186 e. The predicted molar refractivity (Wildman–Crippen MR) is 84.1 cm³/mol. The molecule has 0 aliphatic heterocycles. The Morgan fingerprint density at radius 2 is 2.05 bits per heavy atom. The molecular formula is C15H13ClN2OS. The van der Waals surface area contributed by atoms with Gasteiger partial charge in [-0.1, -0.05) is 41.9 Å². The second-order valence-electron chi connectivity index (χ2n) is 4.37. The third-order valence-electron chi connectivity index (χ3n) is 3.10. The van der Waals surface area contributed by atoms with Gasteiger partial charge in [-0.05, 0) is 24.6 Å². The third kappa shape index (κ3) is 2.21. The van der Waals surface area contributed by atoms with E-state index < -0.39 is 0 Å². The van der Waals surface area contributed by atoms with E-state index in [0.717, 1.165) is 22.4 Å². The number of rotatable bonds is 3. The molecule has 3 rings (SSSR count). The van der Waals surface area contributed by atoms with Crippen molar-refractivity contribution in [3.8, 4) is 21.8 Å². The van der Waals surface area contributed by atoms with E-state index in [1.165, 1.54) is 4.88 Å². The Balaban J connectivity index is 2.17. The minimum Gasteiger partial charge on any atom is -0.380 e. The largest absolute Gasteiger partial charge is 0.380 e. The highest BCUT2D eigenvalue weighted by atomic mass is 35.5. The maximum absolute atomic E-state index is 6.26. The lowest BCUT2D eigenvalue weighted by Gasteiger charge is -2.03. The van der Waals surface area contributed by atoms with E-state index >= 15 is 0 Å². The van der Waals surface area contributed by atoms with Crippen LogP contribution < -0.4 is 5.73 Å². The van der Waals surface area contributed by atoms with Crippen molar-refractivity contribution in [3.05, 3.63) is 46.3 Å². The van der Waals surface area contributed by atoms with Gasteiger partial charge in [0.05, 0.1) is 10.4 Å². The first-order valence-corrected chi connectivity index (χ1v) is 7.49. The van der Waals surface area contributed by atoms with Crippen LogP contribution in [0.15, 0.2) is 40.9 Å². The quantitative estimate of drug-likeness (QED) is 0.751. The van der Waals surface area contributed by atoms with Gasteiger partial charge in [-0.25, -0.2) is 0 Å². The Hall–Kier alpha value is -1.78. The molecule has 0 radical (unpaired) electrons. The summed E-state index contributed by atoms with van der Waals surface area (Å²) in [5, 5.41) is 4.53. The second-order valence-corrected chi connectivity index (χ2v) is 5.95. The number of nitrogens with two attached hydrogens (primary N) is 1. The Bertz CT molecular complexity index is 748. The summed E-state index contributed by atoms with van der Waals surface area (Å²) >= 11 is 7.94. The number of halogens is 1. The summed E-state index contributed by atoms with van der Waals surface area (Å²) in [4.78, 5) is 2.31. The number of aromatic nitrogens is 1. The summed E-state index contributed by atoms with van der Waals surface area (Å²) in [6.45, 7) is 2.12. The van der Waals surface area contributed by atoms with Gasteiger partial charge in [0.25, 0.3) is 0 Å². The zero-order chi connectivity index (χ0) is 14.1. The molecule has 0 unspecified atom stereocenters. The van der Waals surface area contributed by atoms with E-state index in [2.05, 4.69) is 18.1 Å². The molecule has 102 valence electrons. The first-order chi connectivity index (χ1) is 9.70. The van der Waals surface area contributed by atoms with Crippen LogP contribution >= 0.6 is 22.9 Å². The molecule has 3 nitrogen and oxygen atoms in total. The van der Waals surface area contributed by atoms with Crippen molar-refractivity contribution in [1.29, 1.82) is 0 Å². The van der Waals surface area contributed by atoms with Gasteiger partial charge < -0.3 is 10.3 Å². The van der Waals surface area contributed by atoms with Gasteiger partial charge in [-0.3, -0.25) is 0 Å². The fourth-order valence-corrected chi connectivity index (χ4v) is 3.25. The number of aryl methyl sites for hydroxylation is 1. The predicted octanol–water partition coefficient (Wildman–Crippen LogP) is 4.87. The molecule has 0 saturated heterocycles. The van der Waals surface area contributed by atoms with E-state index in [-0.39, 0.29) is 0 Å². The minimum absolute atomic E-state index is 0.361. The standard InChI is InChI=1S/C15H13ClN2OS/c1-2-9-7-8-12(20-9)14-13(15(17)18-19-14)10-5-3-4-6-11(10)16/h3-8H,2H2,1H3,(H2,17,18). The van der Waals surface area contributed by atoms with Crippen LogP contribution in [0.4, 0.5) is 5.82 Å². The van der Waals surface area contributed by atoms with Gasteiger partial charge in [-0.15, -0.1) is 11.3 Å². The molecule has 2 aromatic heterocycles. The number of hydrogen-bond acceptors (Lipinski definition) is 4. The first-order valence-electron chi connectivity index (χ1n) is 6.29. The summed E-state index contributed by atoms with van der Waals surface area (Å²) < 4.78 is 5.43. The molecule has 0 aliphatic carbocycles. The van der Waals surface area contributed by atoms with Gasteiger partial charge in [-0.2, -0.15) is 0 Å². The average molecular weight is 305 g/mol. The van der Waals surface area contributed by atoms with Crippen LogP contribution in [0.1, 0.15) is 11.8 Å². The lowest BCUT2D eigenvalue weighted by atomic mass is 10.1. The van der Waals surface area contributed by atoms with Crippen molar-refractivity contribution in [2.24, 2.45) is 0 Å². The van der Waals surface area contributed by atoms with E-state index in [4.69, 9.17) is 21.9 Å². The number of thiophene rings is 1. The molecule has 0 atom stereocenters. The maximum atomic E-state index is 6.26. The zero-order valence-electron chi connectivity index (χ0n) is 10.9. The van der Waals surface area contributed by atoms with Crippen molar-refractivity contribution in [2.75, 3.05) is 5.73 Å². The van der Waals surface area contributed by atoms with Crippen LogP contribution in [-0.4, -0.2) is 5.16 Å². The second kappa shape index (κ2) is 5.31. The van der Waals surface area contributed by atoms with E-state index in [1.807, 2.05) is 30.3 Å². The monoisotopic (exact) mass is 304 g/mol. The SMILES string of the molecule is CCc1ccc(-c2onc(N)c2-c2ccccc2Cl)s1. The molecule has 5 heteroatoms. The van der Waals surface area contributed by atoms with Gasteiger partial charge in [0, 0.05) is 15.5 Å². The molecular weight excluding hydrogens is 292 g/mol. The fraction of sp³-hybridized carbons (Fsp3) is 0.133. The van der Waals surface area contributed by atoms with Crippen LogP contribution in [0.25, 0.3) is 21.8 Å². The Labute approximate surface area is 126 Å². The Morgan fingerprint density at radius 1 is 1.25 bits per heavy atom. The molecule has 0 saturated carbocycles. The smallest absolute Gasteiger partial charge is 0.186 e. The van der Waals surface area contributed by atoms with Gasteiger partial charge in [0.1, 0.15) is 0 Å². The zero-order valence-corrected chi connectivity index (χ0v) is 12.5. The highest BCUT2D eigenvalue weighted by Crippen LogP contribution is 2.41. The molecule has 20 heavy (non-hydrogen) atoms. The summed E-state index contributed by atoms with van der Waals surface area (Å²) in [6, 6.07) is 11.7. The molecule has 0 amide bonds. The lowest BCUT2D eigenvalue weighted by molar-refractivity contribution is 0.437. The number of hydrogen-bond donors (Lipinski definition) is 1. The van der Waals surface area contributed by atoms with Crippen LogP contribution in [0.5, 0.6) is 0 Å². The number of nitrogens with zero attached hydrogens (tertiary/aromatic N) is 1. The minimum atomic E-state index is 0.361. The third-order valence-corrected chi connectivity index (χ3v) is 4.65. The van der Waals surface area contributed by atoms with Gasteiger partial charge in [0.15, 0.2) is 11.6 Å². The lowest BCUT2D eigenvalue weighted by Crippen LogP contribution is -1.89. The number of anilines is 1. The van der Waals surface area contributed by atoms with Crippen LogP contribution in [0.3, 0.4) is 0 Å². The molecule has 0 aliphatic rings. The molecule has 0 spiro atoms. The molecule has 3 aromatic rings. The Kier molecular flexibility index (Phi) is 3.51. The molecule has 0 bridgehead atoms. The van der Waals surface area contributed by atoms with E-state index in [0.29, 0.717) is 16.6 Å².